The van der Waals surface area contributed by atoms with E-state index in [0.717, 1.165) is 35.9 Å². The molecule has 0 amide bonds. The third kappa shape index (κ3) is 2.78. The zero-order chi connectivity index (χ0) is 16.1. The molecule has 1 fully saturated rings. The number of aliphatic imine (C=N–C) groups is 1. The molecule has 2 aliphatic rings. The summed E-state index contributed by atoms with van der Waals surface area (Å²) in [7, 11) is 0. The molecule has 6 heteroatoms. The zero-order valence-electron chi connectivity index (χ0n) is 14.0. The quantitative estimate of drug-likeness (QED) is 0.900. The maximum Gasteiger partial charge on any atom is 0.270 e. The zero-order valence-corrected chi connectivity index (χ0v) is 14.8. The van der Waals surface area contributed by atoms with Crippen molar-refractivity contribution in [2.45, 2.75) is 64.4 Å². The van der Waals surface area contributed by atoms with E-state index >= 15 is 0 Å². The van der Waals surface area contributed by atoms with Crippen LogP contribution < -0.4 is 5.56 Å². The first-order valence-electron chi connectivity index (χ1n) is 7.99. The van der Waals surface area contributed by atoms with E-state index in [9.17, 15) is 4.79 Å². The maximum absolute atomic E-state index is 12.5. The highest BCUT2D eigenvalue weighted by atomic mass is 32.2. The Morgan fingerprint density at radius 3 is 2.82 bits per heavy atom. The standard InChI is InChI=1S/C16H25N3O2S/c1-9(2)13-12-14(17-10(3)22-13)19(18-15(12)20)11-6-7-21-16(4,5)8-11/h9,11,13H,6-8H2,1-5H3,(H,18,20)/t11-,13-/m1/s1. The van der Waals surface area contributed by atoms with Gasteiger partial charge >= 0.3 is 0 Å². The minimum Gasteiger partial charge on any atom is -0.375 e. The van der Waals surface area contributed by atoms with E-state index in [-0.39, 0.29) is 22.5 Å². The second kappa shape index (κ2) is 5.57. The molecule has 3 heterocycles. The van der Waals surface area contributed by atoms with Gasteiger partial charge in [0.25, 0.3) is 5.56 Å². The van der Waals surface area contributed by atoms with E-state index in [1.807, 2.05) is 11.6 Å². The number of thioether (sulfide) groups is 1. The predicted molar refractivity (Wildman–Crippen MR) is 91.3 cm³/mol. The van der Waals surface area contributed by atoms with Crippen LogP contribution in [-0.2, 0) is 4.74 Å². The highest BCUT2D eigenvalue weighted by molar-refractivity contribution is 8.14. The third-order valence-electron chi connectivity index (χ3n) is 4.42. The summed E-state index contributed by atoms with van der Waals surface area (Å²) in [4.78, 5) is 17.2. The van der Waals surface area contributed by atoms with Crippen molar-refractivity contribution in [3.8, 4) is 0 Å². The molecule has 122 valence electrons. The Kier molecular flexibility index (Phi) is 4.01. The monoisotopic (exact) mass is 323 g/mol. The molecule has 2 atom stereocenters. The van der Waals surface area contributed by atoms with E-state index < -0.39 is 0 Å². The van der Waals surface area contributed by atoms with Crippen molar-refractivity contribution in [2.75, 3.05) is 6.61 Å². The van der Waals surface area contributed by atoms with Crippen molar-refractivity contribution in [3.63, 3.8) is 0 Å². The highest BCUT2D eigenvalue weighted by Gasteiger charge is 2.35. The van der Waals surface area contributed by atoms with Crippen LogP contribution in [0.4, 0.5) is 5.82 Å². The third-order valence-corrected chi connectivity index (χ3v) is 5.89. The number of ether oxygens (including phenoxy) is 1. The Labute approximate surface area is 135 Å². The fourth-order valence-corrected chi connectivity index (χ4v) is 4.51. The molecule has 2 aliphatic heterocycles. The number of fused-ring (bicyclic) bond motifs is 1. The summed E-state index contributed by atoms with van der Waals surface area (Å²) in [6, 6.07) is 0.243. The van der Waals surface area contributed by atoms with Crippen LogP contribution in [0.15, 0.2) is 9.79 Å². The summed E-state index contributed by atoms with van der Waals surface area (Å²) in [6.07, 6.45) is 1.80. The molecule has 0 aromatic carbocycles. The molecule has 0 saturated carbocycles. The van der Waals surface area contributed by atoms with Crippen LogP contribution in [-0.4, -0.2) is 27.0 Å². The van der Waals surface area contributed by atoms with Crippen LogP contribution in [0.25, 0.3) is 0 Å². The Morgan fingerprint density at radius 2 is 2.18 bits per heavy atom. The van der Waals surface area contributed by atoms with Gasteiger partial charge in [0.2, 0.25) is 0 Å². The fraction of sp³-hybridized carbons (Fsp3) is 0.750. The largest absolute Gasteiger partial charge is 0.375 e. The van der Waals surface area contributed by atoms with Gasteiger partial charge in [0, 0.05) is 11.9 Å². The van der Waals surface area contributed by atoms with Gasteiger partial charge in [-0.15, -0.1) is 11.8 Å². The smallest absolute Gasteiger partial charge is 0.270 e. The van der Waals surface area contributed by atoms with Gasteiger partial charge in [0.05, 0.1) is 22.3 Å². The molecule has 1 N–H and O–H groups in total. The minimum atomic E-state index is -0.156. The number of H-pyrrole nitrogens is 1. The summed E-state index contributed by atoms with van der Waals surface area (Å²) >= 11 is 1.70. The van der Waals surface area contributed by atoms with E-state index in [1.54, 1.807) is 11.8 Å². The molecule has 0 spiro atoms. The molecular weight excluding hydrogens is 298 g/mol. The van der Waals surface area contributed by atoms with Crippen molar-refractivity contribution in [1.82, 2.24) is 9.78 Å². The second-order valence-electron chi connectivity index (χ2n) is 7.22. The van der Waals surface area contributed by atoms with Gasteiger partial charge < -0.3 is 4.74 Å². The van der Waals surface area contributed by atoms with Gasteiger partial charge in [-0.2, -0.15) is 0 Å². The van der Waals surface area contributed by atoms with Crippen molar-refractivity contribution >= 4 is 22.6 Å². The second-order valence-corrected chi connectivity index (χ2v) is 8.55. The molecule has 1 saturated heterocycles. The normalized spacial score (nSPS) is 27.6. The van der Waals surface area contributed by atoms with Gasteiger partial charge in [-0.05, 0) is 39.5 Å². The van der Waals surface area contributed by atoms with Crippen LogP contribution in [0.1, 0.15) is 64.3 Å². The Bertz CT molecular complexity index is 657. The lowest BCUT2D eigenvalue weighted by Gasteiger charge is -2.36. The lowest BCUT2D eigenvalue weighted by Crippen LogP contribution is -2.35. The lowest BCUT2D eigenvalue weighted by atomic mass is 9.94. The number of aromatic amines is 1. The van der Waals surface area contributed by atoms with Crippen molar-refractivity contribution in [3.05, 3.63) is 15.9 Å². The van der Waals surface area contributed by atoms with Crippen LogP contribution in [0.5, 0.6) is 0 Å². The number of nitrogens with one attached hydrogen (secondary N) is 1. The van der Waals surface area contributed by atoms with Crippen LogP contribution in [0.2, 0.25) is 0 Å². The van der Waals surface area contributed by atoms with Gasteiger partial charge in [-0.3, -0.25) is 14.6 Å². The van der Waals surface area contributed by atoms with E-state index in [0.29, 0.717) is 5.92 Å². The lowest BCUT2D eigenvalue weighted by molar-refractivity contribution is -0.0705. The van der Waals surface area contributed by atoms with E-state index in [1.165, 1.54) is 0 Å². The molecule has 22 heavy (non-hydrogen) atoms. The molecule has 3 rings (SSSR count). The summed E-state index contributed by atoms with van der Waals surface area (Å²) in [5.41, 5.74) is 0.702. The summed E-state index contributed by atoms with van der Waals surface area (Å²) in [6.45, 7) is 11.3. The number of hydrogen-bond donors (Lipinski definition) is 1. The Morgan fingerprint density at radius 1 is 1.45 bits per heavy atom. The maximum atomic E-state index is 12.5. The topological polar surface area (TPSA) is 59.4 Å². The average Bonchev–Trinajstić information content (AvgIpc) is 2.74. The molecule has 0 bridgehead atoms. The number of nitrogens with zero attached hydrogens (tertiary/aromatic N) is 2. The molecule has 1 aromatic rings. The first-order valence-corrected chi connectivity index (χ1v) is 8.87. The van der Waals surface area contributed by atoms with E-state index in [4.69, 9.17) is 9.73 Å². The molecule has 5 nitrogen and oxygen atoms in total. The van der Waals surface area contributed by atoms with Crippen LogP contribution in [0.3, 0.4) is 0 Å². The first-order chi connectivity index (χ1) is 10.3. The average molecular weight is 323 g/mol. The summed E-state index contributed by atoms with van der Waals surface area (Å²) in [5.74, 6) is 1.24. The summed E-state index contributed by atoms with van der Waals surface area (Å²) < 4.78 is 7.80. The summed E-state index contributed by atoms with van der Waals surface area (Å²) in [5, 5.41) is 4.27. The minimum absolute atomic E-state index is 0.0155. The van der Waals surface area contributed by atoms with Crippen molar-refractivity contribution in [2.24, 2.45) is 10.9 Å². The first kappa shape index (κ1) is 15.9. The molecule has 0 unspecified atom stereocenters. The highest BCUT2D eigenvalue weighted by Crippen LogP contribution is 2.45. The van der Waals surface area contributed by atoms with E-state index in [2.05, 4.69) is 32.8 Å². The van der Waals surface area contributed by atoms with Crippen LogP contribution >= 0.6 is 11.8 Å². The Balaban J connectivity index is 2.05. The van der Waals surface area contributed by atoms with Gasteiger partial charge in [0.15, 0.2) is 5.82 Å². The number of hydrogen-bond acceptors (Lipinski definition) is 4. The molecule has 0 aliphatic carbocycles. The van der Waals surface area contributed by atoms with Crippen molar-refractivity contribution < 1.29 is 4.74 Å². The molecule has 0 radical (unpaired) electrons. The number of rotatable bonds is 2. The Hall–Kier alpha value is -1.01. The van der Waals surface area contributed by atoms with Gasteiger partial charge in [0.1, 0.15) is 0 Å². The van der Waals surface area contributed by atoms with Gasteiger partial charge in [-0.25, -0.2) is 4.99 Å². The van der Waals surface area contributed by atoms with Gasteiger partial charge in [-0.1, -0.05) is 13.8 Å². The fourth-order valence-electron chi connectivity index (χ4n) is 3.40. The SMILES string of the molecule is CC1=Nc2c(c(=O)[nH]n2[C@@H]2CCOC(C)(C)C2)[C@@H](C(C)C)S1. The van der Waals surface area contributed by atoms with Crippen molar-refractivity contribution in [1.29, 1.82) is 0 Å². The molecular formula is C16H25N3O2S. The van der Waals surface area contributed by atoms with Crippen LogP contribution in [0, 0.1) is 5.92 Å². The predicted octanol–water partition coefficient (Wildman–Crippen LogP) is 3.80. The number of aromatic nitrogens is 2. The molecule has 1 aromatic heterocycles.